The summed E-state index contributed by atoms with van der Waals surface area (Å²) in [5, 5.41) is 1.77. The Morgan fingerprint density at radius 2 is 1.64 bits per heavy atom. The van der Waals surface area contributed by atoms with E-state index in [4.69, 9.17) is 51.4 Å². The Morgan fingerprint density at radius 1 is 0.857 bits per heavy atom. The summed E-state index contributed by atoms with van der Waals surface area (Å²) in [6.07, 6.45) is 0. The molecule has 0 saturated carbocycles. The highest BCUT2D eigenvalue weighted by Crippen LogP contribution is 2.30. The van der Waals surface area contributed by atoms with E-state index < -0.39 is 0 Å². The van der Waals surface area contributed by atoms with Crippen LogP contribution in [-0.2, 0) is 0 Å². The van der Waals surface area contributed by atoms with E-state index in [1.165, 1.54) is 0 Å². The lowest BCUT2D eigenvalue weighted by atomic mass is 10.2. The standard InChI is InChI=1S/C21H17Cl3N2OS/c22-15-2-1-3-16(13-15)25-8-10-26(11-9-25)21(28)20-7-6-19(27-20)14-4-5-17(23)18(24)12-14/h1-7,12-13H,8-11H2. The molecule has 28 heavy (non-hydrogen) atoms. The average molecular weight is 452 g/mol. The van der Waals surface area contributed by atoms with Gasteiger partial charge >= 0.3 is 0 Å². The second-order valence-electron chi connectivity index (χ2n) is 6.55. The van der Waals surface area contributed by atoms with Gasteiger partial charge in [0.05, 0.1) is 10.0 Å². The molecule has 0 radical (unpaired) electrons. The molecule has 2 aromatic carbocycles. The topological polar surface area (TPSA) is 19.6 Å². The van der Waals surface area contributed by atoms with Crippen LogP contribution in [0.1, 0.15) is 5.76 Å². The van der Waals surface area contributed by atoms with Gasteiger partial charge in [-0.1, -0.05) is 53.1 Å². The molecule has 1 aliphatic heterocycles. The zero-order valence-electron chi connectivity index (χ0n) is 14.9. The van der Waals surface area contributed by atoms with Crippen LogP contribution in [0.5, 0.6) is 0 Å². The van der Waals surface area contributed by atoms with Gasteiger partial charge in [-0.05, 0) is 48.5 Å². The van der Waals surface area contributed by atoms with Gasteiger partial charge in [0.15, 0.2) is 5.76 Å². The number of benzene rings is 2. The van der Waals surface area contributed by atoms with E-state index in [0.29, 0.717) is 21.6 Å². The van der Waals surface area contributed by atoms with E-state index in [1.807, 2.05) is 36.4 Å². The van der Waals surface area contributed by atoms with Crippen molar-refractivity contribution in [3.63, 3.8) is 0 Å². The van der Waals surface area contributed by atoms with Gasteiger partial charge in [0.25, 0.3) is 0 Å². The molecule has 3 nitrogen and oxygen atoms in total. The van der Waals surface area contributed by atoms with E-state index in [-0.39, 0.29) is 0 Å². The monoisotopic (exact) mass is 450 g/mol. The molecule has 1 saturated heterocycles. The van der Waals surface area contributed by atoms with Crippen molar-refractivity contribution in [1.82, 2.24) is 4.90 Å². The molecule has 3 aromatic rings. The van der Waals surface area contributed by atoms with E-state index >= 15 is 0 Å². The van der Waals surface area contributed by atoms with Crippen molar-refractivity contribution in [3.8, 4) is 11.3 Å². The molecule has 1 fully saturated rings. The van der Waals surface area contributed by atoms with Crippen molar-refractivity contribution in [2.24, 2.45) is 0 Å². The quantitative estimate of drug-likeness (QED) is 0.429. The van der Waals surface area contributed by atoms with Gasteiger partial charge in [-0.2, -0.15) is 0 Å². The fraction of sp³-hybridized carbons (Fsp3) is 0.190. The number of anilines is 1. The zero-order valence-corrected chi connectivity index (χ0v) is 18.0. The molecule has 0 unspecified atom stereocenters. The molecule has 7 heteroatoms. The van der Waals surface area contributed by atoms with Gasteiger partial charge < -0.3 is 14.2 Å². The first-order valence-electron chi connectivity index (χ1n) is 8.86. The predicted molar refractivity (Wildman–Crippen MR) is 121 cm³/mol. The second-order valence-corrected chi connectivity index (χ2v) is 8.19. The third-order valence-electron chi connectivity index (χ3n) is 4.76. The molecular weight excluding hydrogens is 435 g/mol. The molecule has 0 bridgehead atoms. The van der Waals surface area contributed by atoms with E-state index in [1.54, 1.807) is 12.1 Å². The number of rotatable bonds is 3. The smallest absolute Gasteiger partial charge is 0.162 e. The number of furan rings is 1. The van der Waals surface area contributed by atoms with Crippen LogP contribution in [-0.4, -0.2) is 36.1 Å². The van der Waals surface area contributed by atoms with Crippen molar-refractivity contribution in [3.05, 3.63) is 75.4 Å². The van der Waals surface area contributed by atoms with Gasteiger partial charge in [0.1, 0.15) is 10.7 Å². The lowest BCUT2D eigenvalue weighted by Gasteiger charge is -2.37. The van der Waals surface area contributed by atoms with Crippen LogP contribution < -0.4 is 4.90 Å². The van der Waals surface area contributed by atoms with Crippen LogP contribution in [0.25, 0.3) is 11.3 Å². The van der Waals surface area contributed by atoms with Crippen molar-refractivity contribution in [2.75, 3.05) is 31.1 Å². The SMILES string of the molecule is S=C(c1ccc(-c2ccc(Cl)c(Cl)c2)o1)N1CCN(c2cccc(Cl)c2)CC1. The maximum atomic E-state index is 6.11. The highest BCUT2D eigenvalue weighted by atomic mass is 35.5. The van der Waals surface area contributed by atoms with Crippen LogP contribution in [0, 0.1) is 0 Å². The molecule has 0 N–H and O–H groups in total. The Kier molecular flexibility index (Phi) is 5.83. The molecule has 4 rings (SSSR count). The Morgan fingerprint density at radius 3 is 2.36 bits per heavy atom. The van der Waals surface area contributed by atoms with E-state index in [0.717, 1.165) is 47.4 Å². The van der Waals surface area contributed by atoms with Crippen molar-refractivity contribution >= 4 is 57.7 Å². The molecule has 0 amide bonds. The summed E-state index contributed by atoms with van der Waals surface area (Å²) < 4.78 is 5.99. The number of piperazine rings is 1. The Hall–Kier alpha value is -1.72. The average Bonchev–Trinajstić information content (AvgIpc) is 3.20. The molecular formula is C21H17Cl3N2OS. The van der Waals surface area contributed by atoms with Crippen molar-refractivity contribution in [2.45, 2.75) is 0 Å². The number of hydrogen-bond donors (Lipinski definition) is 0. The third kappa shape index (κ3) is 4.15. The highest BCUT2D eigenvalue weighted by Gasteiger charge is 2.22. The molecule has 0 aliphatic carbocycles. The number of hydrogen-bond acceptors (Lipinski definition) is 3. The summed E-state index contributed by atoms with van der Waals surface area (Å²) in [6, 6.07) is 17.2. The first-order chi connectivity index (χ1) is 13.5. The van der Waals surface area contributed by atoms with Gasteiger partial charge in [-0.25, -0.2) is 0 Å². The number of nitrogens with zero attached hydrogens (tertiary/aromatic N) is 2. The van der Waals surface area contributed by atoms with Gasteiger partial charge in [-0.3, -0.25) is 0 Å². The van der Waals surface area contributed by atoms with Crippen LogP contribution in [0.2, 0.25) is 15.1 Å². The summed E-state index contributed by atoms with van der Waals surface area (Å²) >= 11 is 23.9. The number of halogens is 3. The molecule has 144 valence electrons. The van der Waals surface area contributed by atoms with E-state index in [9.17, 15) is 0 Å². The maximum absolute atomic E-state index is 6.11. The van der Waals surface area contributed by atoms with Gasteiger partial charge in [-0.15, -0.1) is 0 Å². The minimum absolute atomic E-state index is 0.497. The van der Waals surface area contributed by atoms with Crippen LogP contribution >= 0.6 is 47.0 Å². The minimum atomic E-state index is 0.497. The second kappa shape index (κ2) is 8.34. The maximum Gasteiger partial charge on any atom is 0.162 e. The fourth-order valence-electron chi connectivity index (χ4n) is 3.25. The summed E-state index contributed by atoms with van der Waals surface area (Å²) in [6.45, 7) is 3.41. The predicted octanol–water partition coefficient (Wildman–Crippen LogP) is 6.40. The molecule has 1 aliphatic rings. The van der Waals surface area contributed by atoms with Crippen molar-refractivity contribution < 1.29 is 4.42 Å². The first-order valence-corrected chi connectivity index (χ1v) is 10.4. The third-order valence-corrected chi connectivity index (χ3v) is 6.19. The lowest BCUT2D eigenvalue weighted by molar-refractivity contribution is 0.385. The largest absolute Gasteiger partial charge is 0.454 e. The Labute approximate surface area is 184 Å². The minimum Gasteiger partial charge on any atom is -0.454 e. The van der Waals surface area contributed by atoms with Gasteiger partial charge in [0, 0.05) is 42.5 Å². The fourth-order valence-corrected chi connectivity index (χ4v) is 4.03. The normalized spacial score (nSPS) is 14.4. The Balaban J connectivity index is 1.43. The van der Waals surface area contributed by atoms with E-state index in [2.05, 4.69) is 15.9 Å². The molecule has 1 aromatic heterocycles. The zero-order chi connectivity index (χ0) is 19.7. The summed E-state index contributed by atoms with van der Waals surface area (Å²) in [4.78, 5) is 5.21. The highest BCUT2D eigenvalue weighted by molar-refractivity contribution is 7.80. The molecule has 0 atom stereocenters. The number of thiocarbonyl (C=S) groups is 1. The van der Waals surface area contributed by atoms with Gasteiger partial charge in [0.2, 0.25) is 0 Å². The molecule has 2 heterocycles. The van der Waals surface area contributed by atoms with Crippen LogP contribution in [0.3, 0.4) is 0 Å². The lowest BCUT2D eigenvalue weighted by Crippen LogP contribution is -2.48. The summed E-state index contributed by atoms with van der Waals surface area (Å²) in [5.74, 6) is 1.40. The molecule has 0 spiro atoms. The summed E-state index contributed by atoms with van der Waals surface area (Å²) in [7, 11) is 0. The van der Waals surface area contributed by atoms with Crippen LogP contribution in [0.4, 0.5) is 5.69 Å². The Bertz CT molecular complexity index is 1010. The van der Waals surface area contributed by atoms with Crippen LogP contribution in [0.15, 0.2) is 59.0 Å². The first kappa shape index (κ1) is 19.6. The van der Waals surface area contributed by atoms with Crippen molar-refractivity contribution in [1.29, 1.82) is 0 Å². The summed E-state index contributed by atoms with van der Waals surface area (Å²) in [5.41, 5.74) is 2.01.